The molecule has 1 aliphatic heterocycles. The van der Waals surface area contributed by atoms with Gasteiger partial charge in [0.15, 0.2) is 0 Å². The smallest absolute Gasteiger partial charge is 0.142 e. The van der Waals surface area contributed by atoms with E-state index in [9.17, 15) is 0 Å². The van der Waals surface area contributed by atoms with E-state index < -0.39 is 0 Å². The minimum absolute atomic E-state index is 0.181. The second kappa shape index (κ2) is 6.30. The molecule has 0 radical (unpaired) electrons. The zero-order valence-corrected chi connectivity index (χ0v) is 9.20. The van der Waals surface area contributed by atoms with Crippen molar-refractivity contribution in [2.45, 2.75) is 25.8 Å². The summed E-state index contributed by atoms with van der Waals surface area (Å²) in [6.45, 7) is 6.51. The number of rotatable bonds is 4. The molecule has 0 aromatic rings. The molecule has 0 aromatic heterocycles. The third kappa shape index (κ3) is 3.44. The quantitative estimate of drug-likeness (QED) is 0.740. The maximum Gasteiger partial charge on any atom is 0.142 e. The van der Waals surface area contributed by atoms with Crippen LogP contribution in [-0.4, -0.2) is 24.4 Å². The first-order chi connectivity index (χ1) is 7.31. The molecule has 0 spiro atoms. The Kier molecular flexibility index (Phi) is 4.98. The standard InChI is InChI=1S/C12H19NO2/c1-3-5-11-12(6-4-2)15-9-10(13-11)7-8-14/h4-6,10,13-14H,2-3,7-9H2,1H3/b11-5+,12-6+. The zero-order valence-electron chi connectivity index (χ0n) is 9.20. The van der Waals surface area contributed by atoms with Gasteiger partial charge < -0.3 is 15.2 Å². The minimum atomic E-state index is 0.181. The van der Waals surface area contributed by atoms with Crippen LogP contribution in [0.5, 0.6) is 0 Å². The average Bonchev–Trinajstić information content (AvgIpc) is 2.23. The second-order valence-electron chi connectivity index (χ2n) is 3.46. The van der Waals surface area contributed by atoms with Gasteiger partial charge in [0.05, 0.1) is 11.7 Å². The Morgan fingerprint density at radius 1 is 1.67 bits per heavy atom. The van der Waals surface area contributed by atoms with Crippen molar-refractivity contribution in [2.75, 3.05) is 13.2 Å². The van der Waals surface area contributed by atoms with Crippen LogP contribution in [0.1, 0.15) is 19.8 Å². The maximum atomic E-state index is 8.86. The number of allylic oxidation sites excluding steroid dienone is 3. The lowest BCUT2D eigenvalue weighted by molar-refractivity contribution is 0.140. The van der Waals surface area contributed by atoms with E-state index in [0.29, 0.717) is 13.0 Å². The van der Waals surface area contributed by atoms with Crippen LogP contribution in [0.25, 0.3) is 0 Å². The monoisotopic (exact) mass is 209 g/mol. The SMILES string of the molecule is C=C/C=C1/OCC(CCO)N/C1=C/CC. The number of hydrogen-bond acceptors (Lipinski definition) is 3. The van der Waals surface area contributed by atoms with Crippen LogP contribution in [0.15, 0.2) is 36.3 Å². The van der Waals surface area contributed by atoms with Crippen molar-refractivity contribution in [3.8, 4) is 0 Å². The second-order valence-corrected chi connectivity index (χ2v) is 3.46. The summed E-state index contributed by atoms with van der Waals surface area (Å²) in [7, 11) is 0. The van der Waals surface area contributed by atoms with E-state index in [1.807, 2.05) is 6.08 Å². The van der Waals surface area contributed by atoms with Crippen molar-refractivity contribution >= 4 is 0 Å². The summed E-state index contributed by atoms with van der Waals surface area (Å²) in [5, 5.41) is 12.2. The molecule has 1 fully saturated rings. The summed E-state index contributed by atoms with van der Waals surface area (Å²) >= 11 is 0. The molecule has 1 aliphatic rings. The summed E-state index contributed by atoms with van der Waals surface area (Å²) in [6.07, 6.45) is 7.31. The van der Waals surface area contributed by atoms with E-state index in [1.165, 1.54) is 0 Å². The Hall–Kier alpha value is -1.22. The summed E-state index contributed by atoms with van der Waals surface area (Å²) in [4.78, 5) is 0. The molecule has 84 valence electrons. The third-order valence-corrected chi connectivity index (χ3v) is 2.22. The van der Waals surface area contributed by atoms with E-state index in [1.54, 1.807) is 6.08 Å². The van der Waals surface area contributed by atoms with Gasteiger partial charge in [-0.1, -0.05) is 25.7 Å². The van der Waals surface area contributed by atoms with E-state index in [0.717, 1.165) is 17.9 Å². The molecular formula is C12H19NO2. The number of hydrogen-bond donors (Lipinski definition) is 2. The van der Waals surface area contributed by atoms with Gasteiger partial charge in [0.2, 0.25) is 0 Å². The number of ether oxygens (including phenoxy) is 1. The highest BCUT2D eigenvalue weighted by Crippen LogP contribution is 2.17. The van der Waals surface area contributed by atoms with Gasteiger partial charge in [-0.25, -0.2) is 0 Å². The van der Waals surface area contributed by atoms with Crippen molar-refractivity contribution < 1.29 is 9.84 Å². The average molecular weight is 209 g/mol. The lowest BCUT2D eigenvalue weighted by atomic mass is 10.1. The van der Waals surface area contributed by atoms with Crippen molar-refractivity contribution in [3.63, 3.8) is 0 Å². The summed E-state index contributed by atoms with van der Waals surface area (Å²) in [5.41, 5.74) is 1.00. The molecule has 1 unspecified atom stereocenters. The van der Waals surface area contributed by atoms with Gasteiger partial charge in [0.25, 0.3) is 0 Å². The zero-order chi connectivity index (χ0) is 11.1. The van der Waals surface area contributed by atoms with E-state index in [-0.39, 0.29) is 12.6 Å². The number of nitrogens with one attached hydrogen (secondary N) is 1. The van der Waals surface area contributed by atoms with Gasteiger partial charge in [-0.05, 0) is 18.9 Å². The molecule has 0 aliphatic carbocycles. The van der Waals surface area contributed by atoms with Crippen molar-refractivity contribution in [1.29, 1.82) is 0 Å². The predicted molar refractivity (Wildman–Crippen MR) is 61.2 cm³/mol. The van der Waals surface area contributed by atoms with E-state index >= 15 is 0 Å². The molecule has 15 heavy (non-hydrogen) atoms. The molecule has 0 aromatic carbocycles. The van der Waals surface area contributed by atoms with Gasteiger partial charge in [-0.2, -0.15) is 0 Å². The highest BCUT2D eigenvalue weighted by atomic mass is 16.5. The normalized spacial score (nSPS) is 26.1. The molecule has 3 nitrogen and oxygen atoms in total. The van der Waals surface area contributed by atoms with Crippen molar-refractivity contribution in [1.82, 2.24) is 5.32 Å². The van der Waals surface area contributed by atoms with Crippen LogP contribution in [0.3, 0.4) is 0 Å². The predicted octanol–water partition coefficient (Wildman–Crippen LogP) is 1.72. The maximum absolute atomic E-state index is 8.86. The van der Waals surface area contributed by atoms with E-state index in [4.69, 9.17) is 9.84 Å². The number of aliphatic hydroxyl groups is 1. The summed E-state index contributed by atoms with van der Waals surface area (Å²) in [5.74, 6) is 0.834. The van der Waals surface area contributed by atoms with Crippen molar-refractivity contribution in [2.24, 2.45) is 0 Å². The Balaban J connectivity index is 2.69. The highest BCUT2D eigenvalue weighted by molar-refractivity contribution is 5.29. The molecule has 3 heteroatoms. The van der Waals surface area contributed by atoms with Gasteiger partial charge in [-0.3, -0.25) is 0 Å². The highest BCUT2D eigenvalue weighted by Gasteiger charge is 2.19. The molecule has 1 rings (SSSR count). The van der Waals surface area contributed by atoms with Gasteiger partial charge in [-0.15, -0.1) is 0 Å². The molecule has 1 atom stereocenters. The van der Waals surface area contributed by atoms with Crippen molar-refractivity contribution in [3.05, 3.63) is 36.3 Å². The van der Waals surface area contributed by atoms with Gasteiger partial charge >= 0.3 is 0 Å². The topological polar surface area (TPSA) is 41.5 Å². The first kappa shape index (κ1) is 11.9. The first-order valence-electron chi connectivity index (χ1n) is 5.35. The number of aliphatic hydroxyl groups excluding tert-OH is 1. The molecule has 1 heterocycles. The lowest BCUT2D eigenvalue weighted by Crippen LogP contribution is -2.39. The summed E-state index contributed by atoms with van der Waals surface area (Å²) in [6, 6.07) is 0.203. The van der Waals surface area contributed by atoms with Crippen LogP contribution >= 0.6 is 0 Å². The Bertz CT molecular complexity index is 269. The first-order valence-corrected chi connectivity index (χ1v) is 5.35. The van der Waals surface area contributed by atoms with Gasteiger partial charge in [0.1, 0.15) is 12.4 Å². The molecule has 2 N–H and O–H groups in total. The molecule has 0 saturated carbocycles. The molecule has 0 amide bonds. The third-order valence-electron chi connectivity index (χ3n) is 2.22. The minimum Gasteiger partial charge on any atom is -0.489 e. The van der Waals surface area contributed by atoms with E-state index in [2.05, 4.69) is 24.9 Å². The molecular weight excluding hydrogens is 190 g/mol. The fourth-order valence-corrected chi connectivity index (χ4v) is 1.52. The van der Waals surface area contributed by atoms with Crippen LogP contribution < -0.4 is 5.32 Å². The molecule has 0 bridgehead atoms. The summed E-state index contributed by atoms with van der Waals surface area (Å²) < 4.78 is 5.60. The Labute approximate surface area is 91.1 Å². The van der Waals surface area contributed by atoms with Crippen LogP contribution in [0.4, 0.5) is 0 Å². The van der Waals surface area contributed by atoms with Crippen LogP contribution in [0.2, 0.25) is 0 Å². The lowest BCUT2D eigenvalue weighted by Gasteiger charge is -2.29. The van der Waals surface area contributed by atoms with Crippen LogP contribution in [-0.2, 0) is 4.74 Å². The van der Waals surface area contributed by atoms with Gasteiger partial charge in [0, 0.05) is 6.61 Å². The Morgan fingerprint density at radius 3 is 3.07 bits per heavy atom. The molecule has 1 saturated heterocycles. The Morgan fingerprint density at radius 2 is 2.47 bits per heavy atom. The number of morpholine rings is 1. The largest absolute Gasteiger partial charge is 0.489 e. The fourth-order valence-electron chi connectivity index (χ4n) is 1.52. The van der Waals surface area contributed by atoms with Crippen LogP contribution in [0, 0.1) is 0 Å². The fraction of sp³-hybridized carbons (Fsp3) is 0.500.